The topological polar surface area (TPSA) is 102 Å². The molecule has 0 aliphatic rings. The van der Waals surface area contributed by atoms with Crippen LogP contribution in [-0.4, -0.2) is 44.7 Å². The van der Waals surface area contributed by atoms with Crippen LogP contribution in [0.15, 0.2) is 28.8 Å². The molecule has 0 bridgehead atoms. The monoisotopic (exact) mass is 431 g/mol. The Kier molecular flexibility index (Phi) is 7.07. The van der Waals surface area contributed by atoms with E-state index in [2.05, 4.69) is 29.0 Å². The fraction of sp³-hybridized carbons (Fsp3) is 0.409. The minimum absolute atomic E-state index is 0.0192. The quantitative estimate of drug-likeness (QED) is 0.519. The first kappa shape index (κ1) is 22.2. The zero-order chi connectivity index (χ0) is 21.8. The molecular formula is C22H26ClN3O4. The summed E-state index contributed by atoms with van der Waals surface area (Å²) in [5, 5.41) is 23.0. The predicted molar refractivity (Wildman–Crippen MR) is 115 cm³/mol. The molecular weight excluding hydrogens is 406 g/mol. The highest BCUT2D eigenvalue weighted by Crippen LogP contribution is 2.31. The molecule has 0 saturated carbocycles. The average Bonchev–Trinajstić information content (AvgIpc) is 3.16. The molecule has 3 rings (SSSR count). The van der Waals surface area contributed by atoms with Crippen LogP contribution in [-0.2, 0) is 6.42 Å². The maximum Gasteiger partial charge on any atom is 0.258 e. The molecule has 0 aliphatic heterocycles. The van der Waals surface area contributed by atoms with Gasteiger partial charge in [0.25, 0.3) is 5.89 Å². The summed E-state index contributed by atoms with van der Waals surface area (Å²) in [5.74, 6) is 1.94. The fourth-order valence-corrected chi connectivity index (χ4v) is 3.42. The zero-order valence-electron chi connectivity index (χ0n) is 17.5. The first-order valence-corrected chi connectivity index (χ1v) is 10.2. The molecule has 0 amide bonds. The lowest BCUT2D eigenvalue weighted by molar-refractivity contribution is 0.0532. The Bertz CT molecular complexity index is 996. The molecule has 0 spiro atoms. The van der Waals surface area contributed by atoms with Crippen LogP contribution in [0.4, 0.5) is 0 Å². The Balaban J connectivity index is 1.87. The largest absolute Gasteiger partial charge is 0.490 e. The molecule has 160 valence electrons. The summed E-state index contributed by atoms with van der Waals surface area (Å²) in [6, 6.07) is 7.42. The van der Waals surface area contributed by atoms with E-state index >= 15 is 0 Å². The standard InChI is InChI=1S/C22H26ClN3O4/c1-12(2)5-17-8-16(9-19(23)24-17)22-25-21(26-30-22)15-6-13(3)20(14(4)7-15)29-11-18(28)10-27/h6-9,12,18,27-28H,5,10-11H2,1-4H3. The molecule has 0 radical (unpaired) electrons. The number of pyridine rings is 1. The van der Waals surface area contributed by atoms with Gasteiger partial charge in [0.15, 0.2) is 0 Å². The summed E-state index contributed by atoms with van der Waals surface area (Å²) in [6.07, 6.45) is -0.115. The van der Waals surface area contributed by atoms with Gasteiger partial charge in [0, 0.05) is 16.8 Å². The highest BCUT2D eigenvalue weighted by atomic mass is 35.5. The van der Waals surface area contributed by atoms with E-state index < -0.39 is 6.10 Å². The molecule has 2 N–H and O–H groups in total. The second-order valence-electron chi connectivity index (χ2n) is 7.78. The molecule has 1 atom stereocenters. The number of ether oxygens (including phenoxy) is 1. The Labute approximate surface area is 180 Å². The van der Waals surface area contributed by atoms with Crippen molar-refractivity contribution in [2.75, 3.05) is 13.2 Å². The molecule has 7 nitrogen and oxygen atoms in total. The normalized spacial score (nSPS) is 12.4. The van der Waals surface area contributed by atoms with Crippen LogP contribution in [0.1, 0.15) is 30.7 Å². The zero-order valence-corrected chi connectivity index (χ0v) is 18.3. The SMILES string of the molecule is Cc1cc(-c2noc(-c3cc(Cl)nc(CC(C)C)c3)n2)cc(C)c1OCC(O)CO. The smallest absolute Gasteiger partial charge is 0.258 e. The maximum absolute atomic E-state index is 9.51. The average molecular weight is 432 g/mol. The number of hydrogen-bond acceptors (Lipinski definition) is 7. The van der Waals surface area contributed by atoms with E-state index in [0.717, 1.165) is 34.4 Å². The van der Waals surface area contributed by atoms with E-state index in [0.29, 0.717) is 28.5 Å². The van der Waals surface area contributed by atoms with Gasteiger partial charge in [0.2, 0.25) is 5.82 Å². The van der Waals surface area contributed by atoms with Crippen LogP contribution in [0.25, 0.3) is 22.8 Å². The number of benzene rings is 1. The number of aliphatic hydroxyl groups is 2. The highest BCUT2D eigenvalue weighted by molar-refractivity contribution is 6.29. The molecule has 1 aromatic carbocycles. The summed E-state index contributed by atoms with van der Waals surface area (Å²) >= 11 is 6.18. The Morgan fingerprint density at radius 2 is 1.77 bits per heavy atom. The molecule has 0 fully saturated rings. The highest BCUT2D eigenvalue weighted by Gasteiger charge is 2.16. The van der Waals surface area contributed by atoms with E-state index in [4.69, 9.17) is 26.0 Å². The van der Waals surface area contributed by atoms with Crippen molar-refractivity contribution in [3.05, 3.63) is 46.2 Å². The minimum atomic E-state index is -0.920. The van der Waals surface area contributed by atoms with Crippen molar-refractivity contribution in [3.63, 3.8) is 0 Å². The van der Waals surface area contributed by atoms with Crippen LogP contribution in [0.2, 0.25) is 5.15 Å². The molecule has 8 heteroatoms. The van der Waals surface area contributed by atoms with E-state index in [1.807, 2.05) is 32.0 Å². The second kappa shape index (κ2) is 9.55. The van der Waals surface area contributed by atoms with E-state index in [1.165, 1.54) is 0 Å². The third-order valence-electron chi connectivity index (χ3n) is 4.49. The van der Waals surface area contributed by atoms with Gasteiger partial charge in [-0.25, -0.2) is 4.98 Å². The van der Waals surface area contributed by atoms with Crippen LogP contribution in [0, 0.1) is 19.8 Å². The lowest BCUT2D eigenvalue weighted by atomic mass is 10.0. The Morgan fingerprint density at radius 1 is 1.07 bits per heavy atom. The number of nitrogens with zero attached hydrogens (tertiary/aromatic N) is 3. The number of aromatic nitrogens is 3. The minimum Gasteiger partial charge on any atom is -0.490 e. The molecule has 3 aromatic rings. The number of aryl methyl sites for hydroxylation is 2. The van der Waals surface area contributed by atoms with Gasteiger partial charge in [0.05, 0.1) is 6.61 Å². The van der Waals surface area contributed by atoms with Gasteiger partial charge in [-0.15, -0.1) is 0 Å². The number of hydrogen-bond donors (Lipinski definition) is 2. The maximum atomic E-state index is 9.51. The van der Waals surface area contributed by atoms with Gasteiger partial charge in [0.1, 0.15) is 23.6 Å². The lowest BCUT2D eigenvalue weighted by Crippen LogP contribution is -2.21. The van der Waals surface area contributed by atoms with Crippen molar-refractivity contribution in [2.45, 2.75) is 40.2 Å². The second-order valence-corrected chi connectivity index (χ2v) is 8.16. The van der Waals surface area contributed by atoms with Crippen LogP contribution in [0.5, 0.6) is 5.75 Å². The molecule has 2 aromatic heterocycles. The van der Waals surface area contributed by atoms with Crippen LogP contribution < -0.4 is 4.74 Å². The van der Waals surface area contributed by atoms with Crippen molar-refractivity contribution >= 4 is 11.6 Å². The van der Waals surface area contributed by atoms with Crippen molar-refractivity contribution in [1.29, 1.82) is 0 Å². The molecule has 0 saturated heterocycles. The van der Waals surface area contributed by atoms with E-state index in [-0.39, 0.29) is 13.2 Å². The third-order valence-corrected chi connectivity index (χ3v) is 4.68. The van der Waals surface area contributed by atoms with E-state index in [9.17, 15) is 5.11 Å². The number of halogens is 1. The summed E-state index contributed by atoms with van der Waals surface area (Å²) < 4.78 is 11.1. The van der Waals surface area contributed by atoms with Crippen molar-refractivity contribution in [2.24, 2.45) is 5.92 Å². The molecule has 1 unspecified atom stereocenters. The lowest BCUT2D eigenvalue weighted by Gasteiger charge is -2.15. The molecule has 2 heterocycles. The Morgan fingerprint density at radius 3 is 2.40 bits per heavy atom. The third kappa shape index (κ3) is 5.36. The first-order valence-electron chi connectivity index (χ1n) is 9.80. The van der Waals surface area contributed by atoms with Crippen LogP contribution >= 0.6 is 11.6 Å². The summed E-state index contributed by atoms with van der Waals surface area (Å²) in [5.41, 5.74) is 4.14. The molecule has 0 aliphatic carbocycles. The molecule has 30 heavy (non-hydrogen) atoms. The predicted octanol–water partition coefficient (Wildman–Crippen LogP) is 4.00. The summed E-state index contributed by atoms with van der Waals surface area (Å²) in [4.78, 5) is 8.89. The van der Waals surface area contributed by atoms with Gasteiger partial charge in [-0.2, -0.15) is 4.98 Å². The fourth-order valence-electron chi connectivity index (χ4n) is 3.19. The van der Waals surface area contributed by atoms with Gasteiger partial charge < -0.3 is 19.5 Å². The van der Waals surface area contributed by atoms with Gasteiger partial charge >= 0.3 is 0 Å². The van der Waals surface area contributed by atoms with Gasteiger partial charge in [-0.1, -0.05) is 30.6 Å². The van der Waals surface area contributed by atoms with Crippen molar-refractivity contribution in [1.82, 2.24) is 15.1 Å². The summed E-state index contributed by atoms with van der Waals surface area (Å²) in [6.45, 7) is 7.72. The Hall–Kier alpha value is -2.48. The number of aliphatic hydroxyl groups excluding tert-OH is 2. The summed E-state index contributed by atoms with van der Waals surface area (Å²) in [7, 11) is 0. The number of rotatable bonds is 8. The van der Waals surface area contributed by atoms with Gasteiger partial charge in [-0.3, -0.25) is 0 Å². The van der Waals surface area contributed by atoms with E-state index in [1.54, 1.807) is 6.07 Å². The first-order chi connectivity index (χ1) is 14.3. The van der Waals surface area contributed by atoms with Gasteiger partial charge in [-0.05, 0) is 61.6 Å². The van der Waals surface area contributed by atoms with Crippen molar-refractivity contribution < 1.29 is 19.5 Å². The van der Waals surface area contributed by atoms with Crippen molar-refractivity contribution in [3.8, 4) is 28.6 Å². The van der Waals surface area contributed by atoms with Crippen LogP contribution in [0.3, 0.4) is 0 Å².